The summed E-state index contributed by atoms with van der Waals surface area (Å²) in [5.41, 5.74) is 0.787. The maximum absolute atomic E-state index is 13.8. The van der Waals surface area contributed by atoms with E-state index in [-0.39, 0.29) is 16.4 Å². The zero-order valence-electron chi connectivity index (χ0n) is 10.8. The molecule has 0 fully saturated rings. The number of carboxylic acids is 1. The standard InChI is InChI=1S/C16H10FNO3/c17-12-4-2-1-3-10(12)14-8-15(19)11-7-9(16(20)21)5-6-13(11)18-14/h1-8H,(H,18,19)(H,20,21). The van der Waals surface area contributed by atoms with E-state index in [1.54, 1.807) is 18.2 Å². The van der Waals surface area contributed by atoms with Gasteiger partial charge in [-0.05, 0) is 30.3 Å². The molecule has 0 atom stereocenters. The molecule has 1 aromatic heterocycles. The SMILES string of the molecule is O=C(O)c1ccc2[nH]c(-c3ccccc3F)cc(=O)c2c1. The molecule has 2 aromatic carbocycles. The molecule has 3 rings (SSSR count). The summed E-state index contributed by atoms with van der Waals surface area (Å²) in [7, 11) is 0. The number of hydrogen-bond donors (Lipinski definition) is 2. The Morgan fingerprint density at radius 1 is 1.10 bits per heavy atom. The number of aromatic carboxylic acids is 1. The number of rotatable bonds is 2. The van der Waals surface area contributed by atoms with Crippen molar-refractivity contribution in [3.63, 3.8) is 0 Å². The van der Waals surface area contributed by atoms with E-state index in [4.69, 9.17) is 5.11 Å². The number of carboxylic acid groups (broad SMARTS) is 1. The van der Waals surface area contributed by atoms with Gasteiger partial charge in [-0.25, -0.2) is 9.18 Å². The Labute approximate surface area is 118 Å². The molecule has 3 aromatic rings. The molecule has 2 N–H and O–H groups in total. The van der Waals surface area contributed by atoms with Gasteiger partial charge in [0.05, 0.1) is 11.3 Å². The van der Waals surface area contributed by atoms with E-state index in [1.165, 1.54) is 30.3 Å². The lowest BCUT2D eigenvalue weighted by Gasteiger charge is -2.06. The van der Waals surface area contributed by atoms with Gasteiger partial charge < -0.3 is 10.1 Å². The number of aromatic nitrogens is 1. The van der Waals surface area contributed by atoms with Crippen molar-refractivity contribution in [2.45, 2.75) is 0 Å². The number of halogens is 1. The second-order valence-corrected chi connectivity index (χ2v) is 4.59. The summed E-state index contributed by atoms with van der Waals surface area (Å²) in [6.45, 7) is 0. The summed E-state index contributed by atoms with van der Waals surface area (Å²) in [5, 5.41) is 9.20. The maximum atomic E-state index is 13.8. The molecule has 104 valence electrons. The Balaban J connectivity index is 2.26. The number of carbonyl (C=O) groups is 1. The van der Waals surface area contributed by atoms with Gasteiger partial charge in [-0.15, -0.1) is 0 Å². The molecule has 21 heavy (non-hydrogen) atoms. The fourth-order valence-electron chi connectivity index (χ4n) is 2.20. The maximum Gasteiger partial charge on any atom is 0.335 e. The van der Waals surface area contributed by atoms with Crippen LogP contribution in [0.25, 0.3) is 22.2 Å². The minimum absolute atomic E-state index is 0.0339. The number of pyridine rings is 1. The van der Waals surface area contributed by atoms with Crippen LogP contribution in [0.1, 0.15) is 10.4 Å². The van der Waals surface area contributed by atoms with E-state index in [2.05, 4.69) is 4.98 Å². The van der Waals surface area contributed by atoms with Gasteiger partial charge in [-0.3, -0.25) is 4.79 Å². The zero-order chi connectivity index (χ0) is 15.0. The Morgan fingerprint density at radius 3 is 2.57 bits per heavy atom. The lowest BCUT2D eigenvalue weighted by Crippen LogP contribution is -2.05. The number of aromatic amines is 1. The predicted molar refractivity (Wildman–Crippen MR) is 76.9 cm³/mol. The zero-order valence-corrected chi connectivity index (χ0v) is 10.8. The Hall–Kier alpha value is -2.95. The van der Waals surface area contributed by atoms with Crippen LogP contribution in [0.5, 0.6) is 0 Å². The van der Waals surface area contributed by atoms with Crippen molar-refractivity contribution >= 4 is 16.9 Å². The van der Waals surface area contributed by atoms with Crippen LogP contribution < -0.4 is 5.43 Å². The minimum Gasteiger partial charge on any atom is -0.478 e. The molecule has 0 radical (unpaired) electrons. The summed E-state index contributed by atoms with van der Waals surface area (Å²) in [5.74, 6) is -1.54. The van der Waals surface area contributed by atoms with E-state index in [9.17, 15) is 14.0 Å². The van der Waals surface area contributed by atoms with E-state index < -0.39 is 11.8 Å². The highest BCUT2D eigenvalue weighted by Crippen LogP contribution is 2.21. The van der Waals surface area contributed by atoms with Crippen LogP contribution in [0, 0.1) is 5.82 Å². The molecule has 5 heteroatoms. The van der Waals surface area contributed by atoms with Gasteiger partial charge in [0.25, 0.3) is 0 Å². The summed E-state index contributed by atoms with van der Waals surface area (Å²) < 4.78 is 13.8. The van der Waals surface area contributed by atoms with Gasteiger partial charge in [-0.1, -0.05) is 12.1 Å². The highest BCUT2D eigenvalue weighted by atomic mass is 19.1. The van der Waals surface area contributed by atoms with Crippen LogP contribution in [-0.2, 0) is 0 Å². The van der Waals surface area contributed by atoms with Gasteiger partial charge in [0.2, 0.25) is 0 Å². The average Bonchev–Trinajstić information content (AvgIpc) is 2.47. The molecule has 0 amide bonds. The van der Waals surface area contributed by atoms with Crippen molar-refractivity contribution < 1.29 is 14.3 Å². The Kier molecular flexibility index (Phi) is 3.02. The third-order valence-corrected chi connectivity index (χ3v) is 3.24. The summed E-state index contributed by atoms with van der Waals surface area (Å²) in [6.07, 6.45) is 0. The molecule has 0 aliphatic rings. The van der Waals surface area contributed by atoms with Crippen LogP contribution in [0.2, 0.25) is 0 Å². The van der Waals surface area contributed by atoms with E-state index in [1.807, 2.05) is 0 Å². The number of H-pyrrole nitrogens is 1. The number of fused-ring (bicyclic) bond motifs is 1. The van der Waals surface area contributed by atoms with Crippen LogP contribution in [0.15, 0.2) is 53.3 Å². The highest BCUT2D eigenvalue weighted by molar-refractivity contribution is 5.93. The lowest BCUT2D eigenvalue weighted by atomic mass is 10.1. The molecule has 0 aliphatic heterocycles. The first-order valence-electron chi connectivity index (χ1n) is 6.21. The average molecular weight is 283 g/mol. The molecule has 4 nitrogen and oxygen atoms in total. The van der Waals surface area contributed by atoms with Crippen LogP contribution in [0.3, 0.4) is 0 Å². The lowest BCUT2D eigenvalue weighted by molar-refractivity contribution is 0.0697. The monoisotopic (exact) mass is 283 g/mol. The second kappa shape index (κ2) is 4.86. The van der Waals surface area contributed by atoms with Gasteiger partial charge >= 0.3 is 5.97 Å². The molecule has 0 saturated heterocycles. The summed E-state index contributed by atoms with van der Waals surface area (Å²) in [6, 6.07) is 11.6. The Bertz CT molecular complexity index is 915. The van der Waals surface area contributed by atoms with Crippen molar-refractivity contribution in [1.29, 1.82) is 0 Å². The van der Waals surface area contributed by atoms with Crippen molar-refractivity contribution in [2.75, 3.05) is 0 Å². The third-order valence-electron chi connectivity index (χ3n) is 3.24. The van der Waals surface area contributed by atoms with Gasteiger partial charge in [0.1, 0.15) is 5.82 Å². The number of benzene rings is 2. The van der Waals surface area contributed by atoms with Crippen LogP contribution in [0.4, 0.5) is 4.39 Å². The largest absolute Gasteiger partial charge is 0.478 e. The fraction of sp³-hybridized carbons (Fsp3) is 0. The molecule has 1 heterocycles. The number of nitrogens with one attached hydrogen (secondary N) is 1. The van der Waals surface area contributed by atoms with E-state index >= 15 is 0 Å². The molecular weight excluding hydrogens is 273 g/mol. The molecule has 0 aliphatic carbocycles. The van der Waals surface area contributed by atoms with Crippen LogP contribution in [-0.4, -0.2) is 16.1 Å². The molecular formula is C16H10FNO3. The highest BCUT2D eigenvalue weighted by Gasteiger charge is 2.10. The van der Waals surface area contributed by atoms with Gasteiger partial charge in [0.15, 0.2) is 5.43 Å². The molecule has 0 spiro atoms. The summed E-state index contributed by atoms with van der Waals surface area (Å²) in [4.78, 5) is 26.0. The smallest absolute Gasteiger partial charge is 0.335 e. The second-order valence-electron chi connectivity index (χ2n) is 4.59. The van der Waals surface area contributed by atoms with Crippen molar-refractivity contribution in [3.8, 4) is 11.3 Å². The van der Waals surface area contributed by atoms with Crippen molar-refractivity contribution in [2.24, 2.45) is 0 Å². The third kappa shape index (κ3) is 2.29. The van der Waals surface area contributed by atoms with E-state index in [0.29, 0.717) is 16.8 Å². The fourth-order valence-corrected chi connectivity index (χ4v) is 2.20. The van der Waals surface area contributed by atoms with Gasteiger partial charge in [0, 0.05) is 22.5 Å². The first kappa shape index (κ1) is 13.1. The Morgan fingerprint density at radius 2 is 1.86 bits per heavy atom. The molecule has 0 saturated carbocycles. The minimum atomic E-state index is -1.10. The van der Waals surface area contributed by atoms with Crippen molar-refractivity contribution in [1.82, 2.24) is 4.98 Å². The predicted octanol–water partition coefficient (Wildman–Crippen LogP) is 3.03. The molecule has 0 bridgehead atoms. The quantitative estimate of drug-likeness (QED) is 0.759. The van der Waals surface area contributed by atoms with Gasteiger partial charge in [-0.2, -0.15) is 0 Å². The topological polar surface area (TPSA) is 70.2 Å². The number of hydrogen-bond acceptors (Lipinski definition) is 2. The van der Waals surface area contributed by atoms with Crippen LogP contribution >= 0.6 is 0 Å². The first-order valence-corrected chi connectivity index (χ1v) is 6.21. The molecule has 0 unspecified atom stereocenters. The van der Waals surface area contributed by atoms with Crippen molar-refractivity contribution in [3.05, 3.63) is 70.1 Å². The summed E-state index contributed by atoms with van der Waals surface area (Å²) >= 11 is 0. The van der Waals surface area contributed by atoms with E-state index in [0.717, 1.165) is 0 Å². The normalized spacial score (nSPS) is 10.7. The first-order chi connectivity index (χ1) is 10.1.